The van der Waals surface area contributed by atoms with E-state index in [1.54, 1.807) is 0 Å². The average molecular weight is 151 g/mol. The molecule has 1 aliphatic rings. The van der Waals surface area contributed by atoms with E-state index in [0.29, 0.717) is 12.4 Å². The minimum absolute atomic E-state index is 0.0474. The number of hydrogen-bond donors (Lipinski definition) is 1. The Bertz CT molecular complexity index is 287. The normalized spacial score (nSPS) is 21.7. The molecule has 1 aromatic heterocycles. The van der Waals surface area contributed by atoms with Crippen LogP contribution >= 0.6 is 0 Å². The smallest absolute Gasteiger partial charge is 0.132 e. The molecule has 1 aromatic rings. The first-order valence-corrected chi connectivity index (χ1v) is 3.50. The number of nitrogens with zero attached hydrogens (tertiary/aromatic N) is 2. The Balaban J connectivity index is 2.58. The van der Waals surface area contributed by atoms with E-state index in [9.17, 15) is 0 Å². The van der Waals surface area contributed by atoms with E-state index in [-0.39, 0.29) is 6.10 Å². The van der Waals surface area contributed by atoms with E-state index in [1.165, 1.54) is 6.33 Å². The van der Waals surface area contributed by atoms with E-state index in [2.05, 4.69) is 9.97 Å². The van der Waals surface area contributed by atoms with E-state index in [0.717, 1.165) is 11.3 Å². The highest BCUT2D eigenvalue weighted by atomic mass is 16.5. The predicted molar refractivity (Wildman–Crippen MR) is 39.6 cm³/mol. The van der Waals surface area contributed by atoms with Gasteiger partial charge in [0.15, 0.2) is 0 Å². The topological polar surface area (TPSA) is 61.0 Å². The number of fused-ring (bicyclic) bond motifs is 1. The summed E-state index contributed by atoms with van der Waals surface area (Å²) in [5.41, 5.74) is 7.50. The highest BCUT2D eigenvalue weighted by Crippen LogP contribution is 2.31. The molecule has 0 bridgehead atoms. The number of anilines is 1. The largest absolute Gasteiger partial charge is 0.383 e. The fourth-order valence-corrected chi connectivity index (χ4v) is 1.29. The zero-order valence-corrected chi connectivity index (χ0v) is 6.24. The van der Waals surface area contributed by atoms with Gasteiger partial charge in [-0.3, -0.25) is 0 Å². The van der Waals surface area contributed by atoms with Gasteiger partial charge < -0.3 is 10.5 Å². The van der Waals surface area contributed by atoms with Crippen LogP contribution in [0, 0.1) is 0 Å². The van der Waals surface area contributed by atoms with Crippen molar-refractivity contribution in [1.29, 1.82) is 0 Å². The third kappa shape index (κ3) is 0.867. The molecule has 0 amide bonds. The number of aromatic nitrogens is 2. The summed E-state index contributed by atoms with van der Waals surface area (Å²) in [4.78, 5) is 7.94. The number of ether oxygens (including phenoxy) is 1. The maximum atomic E-state index is 5.63. The lowest BCUT2D eigenvalue weighted by Crippen LogP contribution is -2.00. The first-order valence-electron chi connectivity index (χ1n) is 3.50. The second-order valence-electron chi connectivity index (χ2n) is 2.57. The molecule has 0 aliphatic carbocycles. The van der Waals surface area contributed by atoms with Crippen molar-refractivity contribution in [3.63, 3.8) is 0 Å². The molecule has 4 heteroatoms. The van der Waals surface area contributed by atoms with E-state index in [1.807, 2.05) is 6.92 Å². The zero-order valence-electron chi connectivity index (χ0n) is 6.24. The summed E-state index contributed by atoms with van der Waals surface area (Å²) in [6.07, 6.45) is 1.52. The standard InChI is InChI=1S/C7H9N3O/c1-4-6-5(2-11-4)9-3-10-7(6)8/h3-4H,2H2,1H3,(H2,8,9,10)/t4-/m0/s1. The monoisotopic (exact) mass is 151 g/mol. The van der Waals surface area contributed by atoms with Crippen LogP contribution in [-0.4, -0.2) is 9.97 Å². The molecule has 58 valence electrons. The van der Waals surface area contributed by atoms with Crippen LogP contribution < -0.4 is 5.73 Å². The summed E-state index contributed by atoms with van der Waals surface area (Å²) < 4.78 is 5.32. The number of hydrogen-bond acceptors (Lipinski definition) is 4. The Kier molecular flexibility index (Phi) is 1.29. The minimum atomic E-state index is 0.0474. The van der Waals surface area contributed by atoms with Crippen LogP contribution in [-0.2, 0) is 11.3 Å². The molecule has 1 atom stereocenters. The molecule has 2 heterocycles. The Morgan fingerprint density at radius 3 is 3.18 bits per heavy atom. The summed E-state index contributed by atoms with van der Waals surface area (Å²) in [7, 11) is 0. The van der Waals surface area contributed by atoms with Gasteiger partial charge in [0, 0.05) is 5.56 Å². The molecular formula is C7H9N3O. The molecule has 0 unspecified atom stereocenters. The van der Waals surface area contributed by atoms with Crippen molar-refractivity contribution < 1.29 is 4.74 Å². The maximum absolute atomic E-state index is 5.63. The molecule has 0 aromatic carbocycles. The molecule has 11 heavy (non-hydrogen) atoms. The second-order valence-corrected chi connectivity index (χ2v) is 2.57. The lowest BCUT2D eigenvalue weighted by molar-refractivity contribution is 0.0789. The van der Waals surface area contributed by atoms with Crippen molar-refractivity contribution in [1.82, 2.24) is 9.97 Å². The number of nitrogens with two attached hydrogens (primary N) is 1. The van der Waals surface area contributed by atoms with Gasteiger partial charge in [0.05, 0.1) is 18.4 Å². The van der Waals surface area contributed by atoms with Crippen molar-refractivity contribution in [2.45, 2.75) is 19.6 Å². The third-order valence-electron chi connectivity index (χ3n) is 1.87. The van der Waals surface area contributed by atoms with Gasteiger partial charge in [-0.2, -0.15) is 0 Å². The molecular weight excluding hydrogens is 142 g/mol. The van der Waals surface area contributed by atoms with Crippen molar-refractivity contribution in [3.05, 3.63) is 17.6 Å². The van der Waals surface area contributed by atoms with Gasteiger partial charge in [0.1, 0.15) is 12.1 Å². The van der Waals surface area contributed by atoms with Crippen molar-refractivity contribution in [2.24, 2.45) is 0 Å². The van der Waals surface area contributed by atoms with Gasteiger partial charge in [-0.05, 0) is 6.92 Å². The summed E-state index contributed by atoms with van der Waals surface area (Å²) in [6, 6.07) is 0. The zero-order chi connectivity index (χ0) is 7.84. The third-order valence-corrected chi connectivity index (χ3v) is 1.87. The van der Waals surface area contributed by atoms with E-state index in [4.69, 9.17) is 10.5 Å². The van der Waals surface area contributed by atoms with Gasteiger partial charge >= 0.3 is 0 Å². The second kappa shape index (κ2) is 2.17. The molecule has 0 saturated carbocycles. The first-order chi connectivity index (χ1) is 5.29. The van der Waals surface area contributed by atoms with Gasteiger partial charge in [-0.25, -0.2) is 9.97 Å². The summed E-state index contributed by atoms with van der Waals surface area (Å²) in [6.45, 7) is 2.51. The van der Waals surface area contributed by atoms with Crippen LogP contribution in [0.4, 0.5) is 5.82 Å². The van der Waals surface area contributed by atoms with Crippen molar-refractivity contribution in [2.75, 3.05) is 5.73 Å². The maximum Gasteiger partial charge on any atom is 0.132 e. The number of rotatable bonds is 0. The average Bonchev–Trinajstić information content (AvgIpc) is 2.34. The van der Waals surface area contributed by atoms with Gasteiger partial charge in [-0.1, -0.05) is 0 Å². The number of nitrogen functional groups attached to an aromatic ring is 1. The molecule has 4 nitrogen and oxygen atoms in total. The summed E-state index contributed by atoms with van der Waals surface area (Å²) in [5, 5.41) is 0. The van der Waals surface area contributed by atoms with Crippen LogP contribution in [0.25, 0.3) is 0 Å². The van der Waals surface area contributed by atoms with Gasteiger partial charge in [0.2, 0.25) is 0 Å². The van der Waals surface area contributed by atoms with Crippen LogP contribution in [0.2, 0.25) is 0 Å². The lowest BCUT2D eigenvalue weighted by atomic mass is 10.1. The molecule has 2 N–H and O–H groups in total. The van der Waals surface area contributed by atoms with Crippen LogP contribution in [0.1, 0.15) is 24.3 Å². The molecule has 1 aliphatic heterocycles. The predicted octanol–water partition coefficient (Wildman–Crippen LogP) is 0.650. The van der Waals surface area contributed by atoms with Crippen LogP contribution in [0.5, 0.6) is 0 Å². The van der Waals surface area contributed by atoms with Crippen LogP contribution in [0.15, 0.2) is 6.33 Å². The Hall–Kier alpha value is -1.16. The fourth-order valence-electron chi connectivity index (χ4n) is 1.29. The first kappa shape index (κ1) is 6.54. The highest BCUT2D eigenvalue weighted by Gasteiger charge is 2.23. The SMILES string of the molecule is C[C@@H]1OCc2ncnc(N)c21. The minimum Gasteiger partial charge on any atom is -0.383 e. The molecule has 0 radical (unpaired) electrons. The van der Waals surface area contributed by atoms with E-state index < -0.39 is 0 Å². The van der Waals surface area contributed by atoms with E-state index >= 15 is 0 Å². The van der Waals surface area contributed by atoms with Gasteiger partial charge in [-0.15, -0.1) is 0 Å². The van der Waals surface area contributed by atoms with Crippen molar-refractivity contribution >= 4 is 5.82 Å². The van der Waals surface area contributed by atoms with Gasteiger partial charge in [0.25, 0.3) is 0 Å². The van der Waals surface area contributed by atoms with Crippen molar-refractivity contribution in [3.8, 4) is 0 Å². The molecule has 0 spiro atoms. The summed E-state index contributed by atoms with van der Waals surface area (Å²) >= 11 is 0. The fraction of sp³-hybridized carbons (Fsp3) is 0.429. The Labute approximate surface area is 64.4 Å². The highest BCUT2D eigenvalue weighted by molar-refractivity contribution is 5.44. The quantitative estimate of drug-likeness (QED) is 0.591. The summed E-state index contributed by atoms with van der Waals surface area (Å²) in [5.74, 6) is 0.542. The Morgan fingerprint density at radius 2 is 2.45 bits per heavy atom. The lowest BCUT2D eigenvalue weighted by Gasteiger charge is -2.03. The molecule has 0 fully saturated rings. The Morgan fingerprint density at radius 1 is 1.64 bits per heavy atom. The van der Waals surface area contributed by atoms with Crippen LogP contribution in [0.3, 0.4) is 0 Å². The molecule has 2 rings (SSSR count). The molecule has 0 saturated heterocycles.